The molecule has 2 atom stereocenters. The molecule has 1 aliphatic heterocycles. The summed E-state index contributed by atoms with van der Waals surface area (Å²) in [6.07, 6.45) is -3.68. The first-order valence-corrected chi connectivity index (χ1v) is 7.28. The van der Waals surface area contributed by atoms with Crippen LogP contribution in [0.3, 0.4) is 0 Å². The first-order chi connectivity index (χ1) is 12.2. The van der Waals surface area contributed by atoms with Gasteiger partial charge >= 0.3 is 18.6 Å². The van der Waals surface area contributed by atoms with Crippen molar-refractivity contribution in [2.45, 2.75) is 25.7 Å². The highest BCUT2D eigenvalue weighted by Gasteiger charge is 2.43. The highest BCUT2D eigenvalue weighted by atomic mass is 19.3. The standard InChI is InChI=1S/C15H14F3NO7/c1-7(20)25-12(14(22)23)11-13(21)19(4-5-24-11)9-6-8(16)2-3-10(9)26-15(17)18/h2-3,6,11-12,15H,4-5H2,1H3,(H,22,23)/t11-,12-/m1/s1. The molecular formula is C15H14F3NO7. The van der Waals surface area contributed by atoms with E-state index in [1.807, 2.05) is 0 Å². The van der Waals surface area contributed by atoms with Crippen LogP contribution in [0.15, 0.2) is 18.2 Å². The Kier molecular flexibility index (Phi) is 6.03. The zero-order valence-corrected chi connectivity index (χ0v) is 13.4. The molecule has 1 N–H and O–H groups in total. The van der Waals surface area contributed by atoms with Crippen LogP contribution in [0.2, 0.25) is 0 Å². The largest absolute Gasteiger partial charge is 0.478 e. The summed E-state index contributed by atoms with van der Waals surface area (Å²) in [4.78, 5) is 35.8. The molecule has 0 bridgehead atoms. The van der Waals surface area contributed by atoms with Gasteiger partial charge in [0.25, 0.3) is 5.91 Å². The van der Waals surface area contributed by atoms with Crippen LogP contribution in [0, 0.1) is 5.82 Å². The fourth-order valence-corrected chi connectivity index (χ4v) is 2.38. The van der Waals surface area contributed by atoms with Gasteiger partial charge in [0.15, 0.2) is 6.10 Å². The number of hydrogen-bond acceptors (Lipinski definition) is 6. The van der Waals surface area contributed by atoms with Crippen LogP contribution >= 0.6 is 0 Å². The molecule has 2 rings (SSSR count). The fourth-order valence-electron chi connectivity index (χ4n) is 2.38. The van der Waals surface area contributed by atoms with Gasteiger partial charge in [0, 0.05) is 19.5 Å². The lowest BCUT2D eigenvalue weighted by atomic mass is 10.1. The minimum atomic E-state index is -3.22. The summed E-state index contributed by atoms with van der Waals surface area (Å²) >= 11 is 0. The van der Waals surface area contributed by atoms with Crippen LogP contribution in [0.5, 0.6) is 5.75 Å². The van der Waals surface area contributed by atoms with Gasteiger partial charge in [-0.2, -0.15) is 8.78 Å². The van der Waals surface area contributed by atoms with Gasteiger partial charge in [0.2, 0.25) is 6.10 Å². The molecule has 1 heterocycles. The average molecular weight is 377 g/mol. The molecule has 0 aliphatic carbocycles. The van der Waals surface area contributed by atoms with Crippen LogP contribution < -0.4 is 9.64 Å². The number of aliphatic carboxylic acids is 1. The number of carbonyl (C=O) groups is 3. The molecule has 1 amide bonds. The van der Waals surface area contributed by atoms with Crippen molar-refractivity contribution >= 4 is 23.5 Å². The number of amides is 1. The summed E-state index contributed by atoms with van der Waals surface area (Å²) in [7, 11) is 0. The summed E-state index contributed by atoms with van der Waals surface area (Å²) < 4.78 is 52.6. The Bertz CT molecular complexity index is 712. The van der Waals surface area contributed by atoms with Gasteiger partial charge in [-0.25, -0.2) is 9.18 Å². The lowest BCUT2D eigenvalue weighted by Gasteiger charge is -2.35. The van der Waals surface area contributed by atoms with Gasteiger partial charge in [-0.15, -0.1) is 0 Å². The van der Waals surface area contributed by atoms with Crippen LogP contribution in [0.1, 0.15) is 6.92 Å². The molecule has 1 aliphatic rings. The number of anilines is 1. The SMILES string of the molecule is CC(=O)O[C@@H](C(=O)O)[C@H]1OCCN(c2cc(F)ccc2OC(F)F)C1=O. The molecule has 11 heteroatoms. The van der Waals surface area contributed by atoms with Gasteiger partial charge in [0.05, 0.1) is 12.3 Å². The van der Waals surface area contributed by atoms with Crippen molar-refractivity contribution in [3.63, 3.8) is 0 Å². The Morgan fingerprint density at radius 3 is 2.65 bits per heavy atom. The summed E-state index contributed by atoms with van der Waals surface area (Å²) in [6, 6.07) is 2.57. The van der Waals surface area contributed by atoms with E-state index in [4.69, 9.17) is 9.84 Å². The Labute approximate surface area is 145 Å². The van der Waals surface area contributed by atoms with E-state index < -0.39 is 48.2 Å². The summed E-state index contributed by atoms with van der Waals surface area (Å²) in [5, 5.41) is 9.15. The van der Waals surface area contributed by atoms with Gasteiger partial charge in [-0.05, 0) is 12.1 Å². The van der Waals surface area contributed by atoms with E-state index in [0.29, 0.717) is 0 Å². The normalized spacial score (nSPS) is 18.6. The number of halogens is 3. The first-order valence-electron chi connectivity index (χ1n) is 7.28. The van der Waals surface area contributed by atoms with Gasteiger partial charge in [-0.1, -0.05) is 0 Å². The zero-order chi connectivity index (χ0) is 19.4. The number of hydrogen-bond donors (Lipinski definition) is 1. The number of ether oxygens (including phenoxy) is 3. The number of rotatable bonds is 6. The predicted octanol–water partition coefficient (Wildman–Crippen LogP) is 1.18. The van der Waals surface area contributed by atoms with Crippen LogP contribution in [0.4, 0.5) is 18.9 Å². The van der Waals surface area contributed by atoms with Gasteiger partial charge in [-0.3, -0.25) is 9.59 Å². The molecule has 142 valence electrons. The first kappa shape index (κ1) is 19.5. The molecule has 1 aromatic carbocycles. The highest BCUT2D eigenvalue weighted by molar-refractivity contribution is 6.01. The van der Waals surface area contributed by atoms with E-state index in [1.54, 1.807) is 0 Å². The maximum Gasteiger partial charge on any atom is 0.387 e. The molecule has 26 heavy (non-hydrogen) atoms. The molecule has 0 spiro atoms. The molecule has 0 unspecified atom stereocenters. The maximum absolute atomic E-state index is 13.5. The second-order valence-corrected chi connectivity index (χ2v) is 5.14. The number of morpholine rings is 1. The van der Waals surface area contributed by atoms with Crippen molar-refractivity contribution in [3.8, 4) is 5.75 Å². The van der Waals surface area contributed by atoms with Crippen molar-refractivity contribution in [1.29, 1.82) is 0 Å². The van der Waals surface area contributed by atoms with Crippen LogP contribution in [-0.4, -0.2) is 54.9 Å². The summed E-state index contributed by atoms with van der Waals surface area (Å²) in [5.74, 6) is -4.90. The minimum absolute atomic E-state index is 0.176. The molecule has 1 fully saturated rings. The van der Waals surface area contributed by atoms with Crippen molar-refractivity contribution in [3.05, 3.63) is 24.0 Å². The number of esters is 1. The monoisotopic (exact) mass is 377 g/mol. The predicted molar refractivity (Wildman–Crippen MR) is 78.3 cm³/mol. The molecule has 1 aromatic rings. The van der Waals surface area contributed by atoms with Crippen molar-refractivity contribution in [2.75, 3.05) is 18.1 Å². The van der Waals surface area contributed by atoms with E-state index in [0.717, 1.165) is 30.0 Å². The number of benzene rings is 1. The van der Waals surface area contributed by atoms with E-state index in [-0.39, 0.29) is 18.8 Å². The number of carboxylic acids is 1. The lowest BCUT2D eigenvalue weighted by Crippen LogP contribution is -2.55. The smallest absolute Gasteiger partial charge is 0.387 e. The maximum atomic E-state index is 13.5. The Morgan fingerprint density at radius 2 is 2.08 bits per heavy atom. The molecule has 8 nitrogen and oxygen atoms in total. The van der Waals surface area contributed by atoms with Crippen LogP contribution in [-0.2, 0) is 23.9 Å². The van der Waals surface area contributed by atoms with Crippen LogP contribution in [0.25, 0.3) is 0 Å². The quantitative estimate of drug-likeness (QED) is 0.743. The third-order valence-corrected chi connectivity index (χ3v) is 3.36. The van der Waals surface area contributed by atoms with Crippen molar-refractivity contribution in [2.24, 2.45) is 0 Å². The Morgan fingerprint density at radius 1 is 1.38 bits per heavy atom. The molecule has 0 aromatic heterocycles. The van der Waals surface area contributed by atoms with Gasteiger partial charge in [0.1, 0.15) is 11.6 Å². The highest BCUT2D eigenvalue weighted by Crippen LogP contribution is 2.32. The Balaban J connectivity index is 2.36. The lowest BCUT2D eigenvalue weighted by molar-refractivity contribution is -0.177. The van der Waals surface area contributed by atoms with Crippen molar-refractivity contribution in [1.82, 2.24) is 0 Å². The van der Waals surface area contributed by atoms with E-state index >= 15 is 0 Å². The number of nitrogens with zero attached hydrogens (tertiary/aromatic N) is 1. The van der Waals surface area contributed by atoms with E-state index in [2.05, 4.69) is 9.47 Å². The molecule has 0 saturated carbocycles. The van der Waals surface area contributed by atoms with Crippen molar-refractivity contribution < 1.29 is 46.9 Å². The third kappa shape index (κ3) is 4.42. The number of carboxylic acid groups (broad SMARTS) is 1. The average Bonchev–Trinajstić information content (AvgIpc) is 2.54. The summed E-state index contributed by atoms with van der Waals surface area (Å²) in [5.41, 5.74) is -0.324. The molecular weight excluding hydrogens is 363 g/mol. The second-order valence-electron chi connectivity index (χ2n) is 5.14. The van der Waals surface area contributed by atoms with E-state index in [9.17, 15) is 27.6 Å². The second kappa shape index (κ2) is 8.04. The third-order valence-electron chi connectivity index (χ3n) is 3.36. The van der Waals surface area contributed by atoms with Gasteiger partial charge < -0.3 is 24.2 Å². The molecule has 1 saturated heterocycles. The number of carbonyl (C=O) groups excluding carboxylic acids is 2. The zero-order valence-electron chi connectivity index (χ0n) is 13.4. The Hall–Kier alpha value is -2.82. The number of alkyl halides is 2. The van der Waals surface area contributed by atoms with E-state index in [1.165, 1.54) is 0 Å². The topological polar surface area (TPSA) is 102 Å². The fraction of sp³-hybridized carbons (Fsp3) is 0.400. The minimum Gasteiger partial charge on any atom is -0.478 e. The molecule has 0 radical (unpaired) electrons. The summed E-state index contributed by atoms with van der Waals surface area (Å²) in [6.45, 7) is -2.65.